The van der Waals surface area contributed by atoms with Crippen molar-refractivity contribution in [3.05, 3.63) is 55.4 Å². The molecule has 2 aromatic carbocycles. The number of phenolic OH excluding ortho intramolecular Hbond substituents is 1. The molecule has 0 fully saturated rings. The van der Waals surface area contributed by atoms with Gasteiger partial charge in [-0.25, -0.2) is 0 Å². The smallest absolute Gasteiger partial charge is 0.124 e. The summed E-state index contributed by atoms with van der Waals surface area (Å²) in [6, 6.07) is 8.14. The lowest BCUT2D eigenvalue weighted by Crippen LogP contribution is -1.93. The SMILES string of the molecule is Oc1ccc(Br)cc1C=NNc1c(Cl)cc(Cl)cc1Cl. The number of aromatic hydroxyl groups is 1. The summed E-state index contributed by atoms with van der Waals surface area (Å²) in [5.74, 6) is 0.118. The van der Waals surface area contributed by atoms with Crippen LogP contribution in [0.25, 0.3) is 0 Å². The van der Waals surface area contributed by atoms with E-state index in [-0.39, 0.29) is 5.75 Å². The topological polar surface area (TPSA) is 44.6 Å². The molecule has 2 N–H and O–H groups in total. The fourth-order valence-corrected chi connectivity index (χ4v) is 2.72. The van der Waals surface area contributed by atoms with E-state index in [1.54, 1.807) is 30.3 Å². The molecule has 0 aromatic heterocycles. The molecule has 0 aliphatic heterocycles. The Hall–Kier alpha value is -0.940. The lowest BCUT2D eigenvalue weighted by Gasteiger charge is -2.06. The minimum absolute atomic E-state index is 0.118. The van der Waals surface area contributed by atoms with Gasteiger partial charge in [0, 0.05) is 15.1 Å². The third kappa shape index (κ3) is 3.79. The molecule has 0 spiro atoms. The van der Waals surface area contributed by atoms with Crippen molar-refractivity contribution in [1.82, 2.24) is 0 Å². The standard InChI is InChI=1S/C13H8BrCl3N2O/c14-8-1-2-12(20)7(3-8)6-18-19-13-10(16)4-9(15)5-11(13)17/h1-6,19-20H. The number of rotatable bonds is 3. The van der Waals surface area contributed by atoms with Crippen molar-refractivity contribution in [2.24, 2.45) is 5.10 Å². The summed E-state index contributed by atoms with van der Waals surface area (Å²) in [6.45, 7) is 0. The molecule has 20 heavy (non-hydrogen) atoms. The molecule has 2 aromatic rings. The van der Waals surface area contributed by atoms with Crippen LogP contribution in [-0.4, -0.2) is 11.3 Å². The molecule has 7 heteroatoms. The van der Waals surface area contributed by atoms with Crippen LogP contribution in [0.4, 0.5) is 5.69 Å². The fraction of sp³-hybridized carbons (Fsp3) is 0. The summed E-state index contributed by atoms with van der Waals surface area (Å²) in [5, 5.41) is 14.8. The van der Waals surface area contributed by atoms with Gasteiger partial charge < -0.3 is 5.11 Å². The monoisotopic (exact) mass is 392 g/mol. The molecule has 0 aliphatic carbocycles. The lowest BCUT2D eigenvalue weighted by molar-refractivity contribution is 0.474. The molecular weight excluding hydrogens is 386 g/mol. The number of anilines is 1. The zero-order valence-electron chi connectivity index (χ0n) is 9.87. The van der Waals surface area contributed by atoms with Crippen molar-refractivity contribution < 1.29 is 5.11 Å². The van der Waals surface area contributed by atoms with Crippen molar-refractivity contribution in [2.75, 3.05) is 5.43 Å². The maximum atomic E-state index is 9.67. The highest BCUT2D eigenvalue weighted by Crippen LogP contribution is 2.33. The summed E-state index contributed by atoms with van der Waals surface area (Å²) in [4.78, 5) is 0. The summed E-state index contributed by atoms with van der Waals surface area (Å²) in [5.41, 5.74) is 3.72. The van der Waals surface area contributed by atoms with Gasteiger partial charge in [-0.3, -0.25) is 5.43 Å². The van der Waals surface area contributed by atoms with Gasteiger partial charge in [-0.2, -0.15) is 5.10 Å². The number of nitrogens with one attached hydrogen (secondary N) is 1. The zero-order valence-corrected chi connectivity index (χ0v) is 13.7. The van der Waals surface area contributed by atoms with Crippen LogP contribution in [0.15, 0.2) is 39.9 Å². The van der Waals surface area contributed by atoms with Gasteiger partial charge in [0.05, 0.1) is 21.9 Å². The van der Waals surface area contributed by atoms with Crippen LogP contribution >= 0.6 is 50.7 Å². The Morgan fingerprint density at radius 2 is 1.75 bits per heavy atom. The van der Waals surface area contributed by atoms with E-state index in [1.165, 1.54) is 6.21 Å². The summed E-state index contributed by atoms with van der Waals surface area (Å²) in [7, 11) is 0. The van der Waals surface area contributed by atoms with E-state index in [0.29, 0.717) is 26.3 Å². The highest BCUT2D eigenvalue weighted by atomic mass is 79.9. The summed E-state index contributed by atoms with van der Waals surface area (Å²) >= 11 is 21.2. The van der Waals surface area contributed by atoms with Crippen LogP contribution in [0.5, 0.6) is 5.75 Å². The molecule has 0 saturated heterocycles. The maximum absolute atomic E-state index is 9.67. The van der Waals surface area contributed by atoms with Crippen LogP contribution in [-0.2, 0) is 0 Å². The fourth-order valence-electron chi connectivity index (χ4n) is 1.44. The summed E-state index contributed by atoms with van der Waals surface area (Å²) in [6.07, 6.45) is 1.46. The Balaban J connectivity index is 2.20. The van der Waals surface area contributed by atoms with Gasteiger partial charge in [0.15, 0.2) is 0 Å². The van der Waals surface area contributed by atoms with E-state index >= 15 is 0 Å². The average molecular weight is 394 g/mol. The van der Waals surface area contributed by atoms with Crippen LogP contribution in [0.3, 0.4) is 0 Å². The molecule has 0 atom stereocenters. The van der Waals surface area contributed by atoms with Crippen LogP contribution < -0.4 is 5.43 Å². The normalized spacial score (nSPS) is 11.0. The van der Waals surface area contributed by atoms with E-state index < -0.39 is 0 Å². The Morgan fingerprint density at radius 3 is 2.40 bits per heavy atom. The average Bonchev–Trinajstić information content (AvgIpc) is 2.36. The first-order valence-electron chi connectivity index (χ1n) is 5.39. The maximum Gasteiger partial charge on any atom is 0.124 e. The summed E-state index contributed by atoms with van der Waals surface area (Å²) < 4.78 is 0.833. The van der Waals surface area contributed by atoms with E-state index in [0.717, 1.165) is 4.47 Å². The predicted molar refractivity (Wildman–Crippen MR) is 88.5 cm³/mol. The zero-order chi connectivity index (χ0) is 14.7. The predicted octanol–water partition coefficient (Wildman–Crippen LogP) is 5.56. The molecule has 0 aliphatic rings. The molecule has 3 nitrogen and oxygen atoms in total. The van der Waals surface area contributed by atoms with Crippen LogP contribution in [0.1, 0.15) is 5.56 Å². The van der Waals surface area contributed by atoms with Crippen molar-refractivity contribution in [3.8, 4) is 5.75 Å². The van der Waals surface area contributed by atoms with E-state index in [9.17, 15) is 5.11 Å². The molecular formula is C13H8BrCl3N2O. The molecule has 2 rings (SSSR count). The second-order valence-electron chi connectivity index (χ2n) is 3.82. The van der Waals surface area contributed by atoms with Gasteiger partial charge in [-0.1, -0.05) is 50.7 Å². The number of nitrogens with zero attached hydrogens (tertiary/aromatic N) is 1. The Bertz CT molecular complexity index is 654. The van der Waals surface area contributed by atoms with E-state index in [2.05, 4.69) is 26.5 Å². The quantitative estimate of drug-likeness (QED) is 0.529. The number of hydrogen-bond donors (Lipinski definition) is 2. The minimum atomic E-state index is 0.118. The largest absolute Gasteiger partial charge is 0.507 e. The van der Waals surface area contributed by atoms with Gasteiger partial charge in [-0.05, 0) is 30.3 Å². The minimum Gasteiger partial charge on any atom is -0.507 e. The lowest BCUT2D eigenvalue weighted by atomic mass is 10.2. The highest BCUT2D eigenvalue weighted by Gasteiger charge is 2.06. The first-order valence-corrected chi connectivity index (χ1v) is 7.32. The molecule has 0 saturated carbocycles. The van der Waals surface area contributed by atoms with Crippen molar-refractivity contribution in [3.63, 3.8) is 0 Å². The second kappa shape index (κ2) is 6.68. The second-order valence-corrected chi connectivity index (χ2v) is 5.98. The van der Waals surface area contributed by atoms with Crippen molar-refractivity contribution >= 4 is 62.6 Å². The van der Waals surface area contributed by atoms with Crippen LogP contribution in [0.2, 0.25) is 15.1 Å². The van der Waals surface area contributed by atoms with E-state index in [4.69, 9.17) is 34.8 Å². The number of phenols is 1. The number of benzene rings is 2. The first kappa shape index (κ1) is 15.4. The highest BCUT2D eigenvalue weighted by molar-refractivity contribution is 9.10. The van der Waals surface area contributed by atoms with Gasteiger partial charge in [-0.15, -0.1) is 0 Å². The molecule has 0 unspecified atom stereocenters. The molecule has 0 amide bonds. The first-order chi connectivity index (χ1) is 9.47. The van der Waals surface area contributed by atoms with Gasteiger partial charge in [0.2, 0.25) is 0 Å². The third-order valence-electron chi connectivity index (χ3n) is 2.38. The molecule has 104 valence electrons. The number of halogens is 4. The van der Waals surface area contributed by atoms with Gasteiger partial charge in [0.25, 0.3) is 0 Å². The Kier molecular flexibility index (Phi) is 5.16. The number of hydrogen-bond acceptors (Lipinski definition) is 3. The molecule has 0 heterocycles. The third-order valence-corrected chi connectivity index (χ3v) is 3.68. The van der Waals surface area contributed by atoms with Gasteiger partial charge >= 0.3 is 0 Å². The Morgan fingerprint density at radius 1 is 1.10 bits per heavy atom. The molecule has 0 radical (unpaired) electrons. The molecule has 0 bridgehead atoms. The van der Waals surface area contributed by atoms with Crippen molar-refractivity contribution in [2.45, 2.75) is 0 Å². The Labute approximate surface area is 139 Å². The van der Waals surface area contributed by atoms with E-state index in [1.807, 2.05) is 0 Å². The number of hydrazone groups is 1. The van der Waals surface area contributed by atoms with Gasteiger partial charge in [0.1, 0.15) is 5.75 Å². The van der Waals surface area contributed by atoms with Crippen molar-refractivity contribution in [1.29, 1.82) is 0 Å². The van der Waals surface area contributed by atoms with Crippen LogP contribution in [0, 0.1) is 0 Å².